The number of ether oxygens (including phenoxy) is 1. The standard InChI is InChI=1S/C20H21N3O4S/c1-26-18-12-6-5-8-15(18)14-19-21-20(27-22-19)17-11-7-13-23(17)28(24,25)16-9-3-2-4-10-16/h2-6,8-10,12,17H,7,11,13-14H2,1H3. The maximum Gasteiger partial charge on any atom is 0.245 e. The molecule has 3 aromatic rings. The van der Waals surface area contributed by atoms with E-state index < -0.39 is 16.1 Å². The second kappa shape index (κ2) is 7.73. The average molecular weight is 399 g/mol. The van der Waals surface area contributed by atoms with Crippen molar-refractivity contribution in [2.75, 3.05) is 13.7 Å². The highest BCUT2D eigenvalue weighted by atomic mass is 32.2. The molecule has 0 radical (unpaired) electrons. The summed E-state index contributed by atoms with van der Waals surface area (Å²) in [7, 11) is -1.99. The summed E-state index contributed by atoms with van der Waals surface area (Å²) in [6.45, 7) is 0.437. The van der Waals surface area contributed by atoms with Gasteiger partial charge in [0.1, 0.15) is 11.8 Å². The van der Waals surface area contributed by atoms with E-state index >= 15 is 0 Å². The van der Waals surface area contributed by atoms with Crippen molar-refractivity contribution in [3.8, 4) is 5.75 Å². The first-order valence-corrected chi connectivity index (χ1v) is 10.5. The average Bonchev–Trinajstić information content (AvgIpc) is 3.39. The molecule has 1 unspecified atom stereocenters. The number of sulfonamides is 1. The molecule has 1 fully saturated rings. The zero-order chi connectivity index (χ0) is 19.6. The van der Waals surface area contributed by atoms with Gasteiger partial charge in [-0.2, -0.15) is 9.29 Å². The zero-order valence-corrected chi connectivity index (χ0v) is 16.3. The van der Waals surface area contributed by atoms with Gasteiger partial charge in [0.2, 0.25) is 15.9 Å². The van der Waals surface area contributed by atoms with Gasteiger partial charge in [0.25, 0.3) is 0 Å². The molecule has 1 aliphatic rings. The Morgan fingerprint density at radius 2 is 1.89 bits per heavy atom. The number of para-hydroxylation sites is 1. The Labute approximate surface area is 164 Å². The number of rotatable bonds is 6. The number of methoxy groups -OCH3 is 1. The normalized spacial score (nSPS) is 17.7. The van der Waals surface area contributed by atoms with Crippen molar-refractivity contribution >= 4 is 10.0 Å². The smallest absolute Gasteiger partial charge is 0.245 e. The molecule has 1 aromatic heterocycles. The highest BCUT2D eigenvalue weighted by Gasteiger charge is 2.39. The van der Waals surface area contributed by atoms with Gasteiger partial charge in [-0.15, -0.1) is 0 Å². The van der Waals surface area contributed by atoms with Crippen LogP contribution < -0.4 is 4.74 Å². The molecule has 146 valence electrons. The van der Waals surface area contributed by atoms with Crippen LogP contribution in [0, 0.1) is 0 Å². The molecule has 0 N–H and O–H groups in total. The fraction of sp³-hybridized carbons (Fsp3) is 0.300. The highest BCUT2D eigenvalue weighted by molar-refractivity contribution is 7.89. The molecule has 1 aliphatic heterocycles. The minimum atomic E-state index is -3.61. The van der Waals surface area contributed by atoms with Gasteiger partial charge < -0.3 is 9.26 Å². The first kappa shape index (κ1) is 18.6. The molecule has 0 aliphatic carbocycles. The van der Waals surface area contributed by atoms with E-state index in [1.165, 1.54) is 4.31 Å². The van der Waals surface area contributed by atoms with Crippen LogP contribution in [0.5, 0.6) is 5.75 Å². The molecule has 28 heavy (non-hydrogen) atoms. The summed E-state index contributed by atoms with van der Waals surface area (Å²) in [4.78, 5) is 4.75. The SMILES string of the molecule is COc1ccccc1Cc1noc(C2CCCN2S(=O)(=O)c2ccccc2)n1. The van der Waals surface area contributed by atoms with E-state index in [4.69, 9.17) is 9.26 Å². The Morgan fingerprint density at radius 1 is 1.14 bits per heavy atom. The number of aromatic nitrogens is 2. The summed E-state index contributed by atoms with van der Waals surface area (Å²) < 4.78 is 38.3. The molecule has 7 nitrogen and oxygen atoms in total. The van der Waals surface area contributed by atoms with E-state index in [0.717, 1.165) is 17.7 Å². The van der Waals surface area contributed by atoms with Crippen LogP contribution in [0.3, 0.4) is 0 Å². The molecular weight excluding hydrogens is 378 g/mol. The molecule has 0 bridgehead atoms. The Kier molecular flexibility index (Phi) is 5.15. The van der Waals surface area contributed by atoms with Gasteiger partial charge in [-0.05, 0) is 31.0 Å². The Morgan fingerprint density at radius 3 is 2.68 bits per heavy atom. The maximum absolute atomic E-state index is 13.0. The lowest BCUT2D eigenvalue weighted by atomic mass is 10.1. The van der Waals surface area contributed by atoms with Crippen LogP contribution in [0.4, 0.5) is 0 Å². The summed E-state index contributed by atoms with van der Waals surface area (Å²) in [5.41, 5.74) is 0.942. The van der Waals surface area contributed by atoms with Crippen molar-refractivity contribution < 1.29 is 17.7 Å². The fourth-order valence-corrected chi connectivity index (χ4v) is 5.17. The summed E-state index contributed by atoms with van der Waals surface area (Å²) in [5, 5.41) is 4.06. The molecule has 8 heteroatoms. The van der Waals surface area contributed by atoms with Gasteiger partial charge in [-0.1, -0.05) is 41.6 Å². The number of hydrogen-bond acceptors (Lipinski definition) is 6. The molecule has 0 amide bonds. The van der Waals surface area contributed by atoms with Crippen molar-refractivity contribution in [3.63, 3.8) is 0 Å². The summed E-state index contributed by atoms with van der Waals surface area (Å²) in [5.74, 6) is 1.59. The monoisotopic (exact) mass is 399 g/mol. The molecule has 1 atom stereocenters. The zero-order valence-electron chi connectivity index (χ0n) is 15.5. The first-order chi connectivity index (χ1) is 13.6. The molecule has 2 heterocycles. The maximum atomic E-state index is 13.0. The van der Waals surface area contributed by atoms with Crippen molar-refractivity contribution in [2.24, 2.45) is 0 Å². The number of benzene rings is 2. The quantitative estimate of drug-likeness (QED) is 0.633. The predicted molar refractivity (Wildman–Crippen MR) is 102 cm³/mol. The first-order valence-electron chi connectivity index (χ1n) is 9.11. The van der Waals surface area contributed by atoms with Crippen molar-refractivity contribution in [2.45, 2.75) is 30.2 Å². The lowest BCUT2D eigenvalue weighted by molar-refractivity contribution is 0.289. The molecule has 0 saturated carbocycles. The van der Waals surface area contributed by atoms with Crippen molar-refractivity contribution in [3.05, 3.63) is 71.9 Å². The van der Waals surface area contributed by atoms with E-state index in [1.807, 2.05) is 24.3 Å². The third-order valence-electron chi connectivity index (χ3n) is 4.86. The Hall–Kier alpha value is -2.71. The minimum absolute atomic E-state index is 0.274. The molecule has 0 spiro atoms. The van der Waals surface area contributed by atoms with E-state index in [-0.39, 0.29) is 4.90 Å². The Bertz CT molecular complexity index is 1050. The van der Waals surface area contributed by atoms with E-state index in [9.17, 15) is 8.42 Å². The molecule has 1 saturated heterocycles. The molecule has 2 aromatic carbocycles. The third kappa shape index (κ3) is 3.53. The van der Waals surface area contributed by atoms with Crippen LogP contribution in [-0.2, 0) is 16.4 Å². The second-order valence-corrected chi connectivity index (χ2v) is 8.51. The lowest BCUT2D eigenvalue weighted by Gasteiger charge is -2.21. The van der Waals surface area contributed by atoms with Gasteiger partial charge in [-0.25, -0.2) is 8.42 Å². The van der Waals surface area contributed by atoms with E-state index in [0.29, 0.717) is 31.1 Å². The van der Waals surface area contributed by atoms with Crippen molar-refractivity contribution in [1.82, 2.24) is 14.4 Å². The van der Waals surface area contributed by atoms with Crippen LogP contribution in [0.2, 0.25) is 0 Å². The summed E-state index contributed by atoms with van der Waals surface area (Å²) in [6, 6.07) is 15.6. The summed E-state index contributed by atoms with van der Waals surface area (Å²) >= 11 is 0. The largest absolute Gasteiger partial charge is 0.496 e. The van der Waals surface area contributed by atoms with Gasteiger partial charge in [0.05, 0.1) is 12.0 Å². The fourth-order valence-electron chi connectivity index (χ4n) is 3.50. The topological polar surface area (TPSA) is 85.5 Å². The summed E-state index contributed by atoms with van der Waals surface area (Å²) in [6.07, 6.45) is 1.86. The van der Waals surface area contributed by atoms with Crippen LogP contribution in [0.1, 0.15) is 36.2 Å². The van der Waals surface area contributed by atoms with Gasteiger partial charge in [0.15, 0.2) is 5.82 Å². The highest BCUT2D eigenvalue weighted by Crippen LogP contribution is 2.36. The number of nitrogens with zero attached hydrogens (tertiary/aromatic N) is 3. The van der Waals surface area contributed by atoms with Crippen LogP contribution in [-0.4, -0.2) is 36.5 Å². The predicted octanol–water partition coefficient (Wildman–Crippen LogP) is 3.19. The van der Waals surface area contributed by atoms with E-state index in [2.05, 4.69) is 10.1 Å². The molecular formula is C20H21N3O4S. The van der Waals surface area contributed by atoms with Gasteiger partial charge in [0, 0.05) is 18.5 Å². The Balaban J connectivity index is 1.58. The van der Waals surface area contributed by atoms with Gasteiger partial charge >= 0.3 is 0 Å². The van der Waals surface area contributed by atoms with Crippen LogP contribution >= 0.6 is 0 Å². The minimum Gasteiger partial charge on any atom is -0.496 e. The third-order valence-corrected chi connectivity index (χ3v) is 6.79. The van der Waals surface area contributed by atoms with Gasteiger partial charge in [-0.3, -0.25) is 0 Å². The van der Waals surface area contributed by atoms with Crippen LogP contribution in [0.15, 0.2) is 64.0 Å². The van der Waals surface area contributed by atoms with Crippen LogP contribution in [0.25, 0.3) is 0 Å². The number of hydrogen-bond donors (Lipinski definition) is 0. The van der Waals surface area contributed by atoms with E-state index in [1.54, 1.807) is 37.4 Å². The second-order valence-electron chi connectivity index (χ2n) is 6.62. The lowest BCUT2D eigenvalue weighted by Crippen LogP contribution is -2.30. The molecule has 4 rings (SSSR count). The van der Waals surface area contributed by atoms with Crippen molar-refractivity contribution in [1.29, 1.82) is 0 Å².